The predicted molar refractivity (Wildman–Crippen MR) is 109 cm³/mol. The number of rotatable bonds is 6. The maximum Gasteiger partial charge on any atom is 0.267 e. The summed E-state index contributed by atoms with van der Waals surface area (Å²) in [5.41, 5.74) is 1.53. The second-order valence-corrected chi connectivity index (χ2v) is 7.93. The van der Waals surface area contributed by atoms with Crippen molar-refractivity contribution >= 4 is 16.5 Å². The molecule has 3 aromatic heterocycles. The van der Waals surface area contributed by atoms with Crippen LogP contribution in [0.2, 0.25) is 0 Å². The molecule has 28 heavy (non-hydrogen) atoms. The lowest BCUT2D eigenvalue weighted by Crippen LogP contribution is -2.41. The van der Waals surface area contributed by atoms with E-state index in [4.69, 9.17) is 4.74 Å². The van der Waals surface area contributed by atoms with Gasteiger partial charge in [0.1, 0.15) is 0 Å². The normalized spacial score (nSPS) is 19.1. The number of hydrogen-bond acceptors (Lipinski definition) is 8. The number of aromatic nitrogens is 4. The van der Waals surface area contributed by atoms with Crippen LogP contribution in [0, 0.1) is 0 Å². The first-order chi connectivity index (χ1) is 13.6. The molecule has 9 heteroatoms. The van der Waals surface area contributed by atoms with Gasteiger partial charge in [-0.25, -0.2) is 9.67 Å². The van der Waals surface area contributed by atoms with Crippen LogP contribution >= 0.6 is 11.3 Å². The molecule has 0 saturated carbocycles. The van der Waals surface area contributed by atoms with Crippen LogP contribution in [-0.2, 0) is 11.3 Å². The van der Waals surface area contributed by atoms with Gasteiger partial charge >= 0.3 is 0 Å². The van der Waals surface area contributed by atoms with E-state index in [1.54, 1.807) is 40.5 Å². The molecule has 4 rings (SSSR count). The summed E-state index contributed by atoms with van der Waals surface area (Å²) in [4.78, 5) is 24.0. The largest absolute Gasteiger partial charge is 0.377 e. The zero-order valence-corrected chi connectivity index (χ0v) is 16.6. The number of thiazole rings is 1. The highest BCUT2D eigenvalue weighted by atomic mass is 32.1. The second-order valence-electron chi connectivity index (χ2n) is 6.83. The molecule has 146 valence electrons. The van der Waals surface area contributed by atoms with Crippen LogP contribution < -0.4 is 15.8 Å². The molecule has 3 aromatic rings. The Morgan fingerprint density at radius 3 is 2.82 bits per heavy atom. The van der Waals surface area contributed by atoms with Gasteiger partial charge in [-0.2, -0.15) is 5.10 Å². The average molecular weight is 398 g/mol. The highest BCUT2D eigenvalue weighted by Crippen LogP contribution is 2.23. The van der Waals surface area contributed by atoms with Crippen molar-refractivity contribution in [3.05, 3.63) is 58.1 Å². The first-order valence-electron chi connectivity index (χ1n) is 9.05. The predicted octanol–water partition coefficient (Wildman–Crippen LogP) is 1.56. The van der Waals surface area contributed by atoms with Crippen LogP contribution in [0.3, 0.4) is 0 Å². The Kier molecular flexibility index (Phi) is 5.47. The maximum atomic E-state index is 12.5. The number of hydrogen-bond donors (Lipinski definition) is 1. The number of ether oxygens (including phenoxy) is 1. The van der Waals surface area contributed by atoms with E-state index in [2.05, 4.69) is 20.4 Å². The Labute approximate surface area is 166 Å². The molecule has 0 spiro atoms. The number of nitrogens with zero attached hydrogens (tertiary/aromatic N) is 5. The van der Waals surface area contributed by atoms with Crippen LogP contribution in [0.25, 0.3) is 11.3 Å². The van der Waals surface area contributed by atoms with Crippen molar-refractivity contribution in [3.63, 3.8) is 0 Å². The van der Waals surface area contributed by atoms with Gasteiger partial charge in [-0.1, -0.05) is 0 Å². The quantitative estimate of drug-likeness (QED) is 0.674. The molecule has 1 saturated heterocycles. The van der Waals surface area contributed by atoms with Gasteiger partial charge in [0.05, 0.1) is 31.0 Å². The summed E-state index contributed by atoms with van der Waals surface area (Å²) < 4.78 is 7.20. The van der Waals surface area contributed by atoms with E-state index in [1.165, 1.54) is 0 Å². The number of pyridine rings is 1. The van der Waals surface area contributed by atoms with Crippen LogP contribution in [-0.4, -0.2) is 53.1 Å². The van der Waals surface area contributed by atoms with E-state index < -0.39 is 0 Å². The van der Waals surface area contributed by atoms with Crippen molar-refractivity contribution < 1.29 is 4.74 Å². The summed E-state index contributed by atoms with van der Waals surface area (Å²) in [7, 11) is 3.95. The fourth-order valence-corrected chi connectivity index (χ4v) is 3.92. The molecule has 0 amide bonds. The van der Waals surface area contributed by atoms with E-state index >= 15 is 0 Å². The lowest BCUT2D eigenvalue weighted by molar-refractivity contribution is 0.181. The van der Waals surface area contributed by atoms with Crippen molar-refractivity contribution in [2.45, 2.75) is 18.6 Å². The van der Waals surface area contributed by atoms with E-state index in [1.807, 2.05) is 37.3 Å². The number of nitrogens with one attached hydrogen (secondary N) is 1. The van der Waals surface area contributed by atoms with Crippen LogP contribution in [0.15, 0.2) is 47.7 Å². The summed E-state index contributed by atoms with van der Waals surface area (Å²) in [5.74, 6) is 0. The molecule has 4 heterocycles. The monoisotopic (exact) mass is 398 g/mol. The van der Waals surface area contributed by atoms with Crippen LogP contribution in [0.5, 0.6) is 0 Å². The maximum absolute atomic E-state index is 12.5. The minimum Gasteiger partial charge on any atom is -0.377 e. The van der Waals surface area contributed by atoms with Gasteiger partial charge in [0.15, 0.2) is 5.13 Å². The zero-order valence-electron chi connectivity index (χ0n) is 15.8. The van der Waals surface area contributed by atoms with Gasteiger partial charge in [0.25, 0.3) is 5.56 Å². The standard InChI is InChI=1S/C19H22N6O2S/c1-24(2)19-22-10-14(28-19)9-21-16-11-27-12-17(16)25-18(26)4-3-15(23-25)13-5-7-20-8-6-13/h3-8,10,16-17,21H,9,11-12H2,1-2H3. The lowest BCUT2D eigenvalue weighted by atomic mass is 10.1. The topological polar surface area (TPSA) is 85.2 Å². The molecule has 0 radical (unpaired) electrons. The highest BCUT2D eigenvalue weighted by molar-refractivity contribution is 7.15. The Hall–Kier alpha value is -2.62. The molecule has 1 aliphatic rings. The van der Waals surface area contributed by atoms with Crippen LogP contribution in [0.4, 0.5) is 5.13 Å². The summed E-state index contributed by atoms with van der Waals surface area (Å²) in [5, 5.41) is 9.07. The zero-order chi connectivity index (χ0) is 19.5. The molecule has 1 fully saturated rings. The van der Waals surface area contributed by atoms with Crippen molar-refractivity contribution in [2.24, 2.45) is 0 Å². The molecule has 0 bridgehead atoms. The molecule has 1 N–H and O–H groups in total. The number of anilines is 1. The molecule has 0 aromatic carbocycles. The third kappa shape index (κ3) is 3.96. The Bertz CT molecular complexity index is 987. The SMILES string of the molecule is CN(C)c1ncc(CNC2COCC2n2nc(-c3ccncc3)ccc2=O)s1. The first kappa shape index (κ1) is 18.7. The smallest absolute Gasteiger partial charge is 0.267 e. The average Bonchev–Trinajstić information content (AvgIpc) is 3.37. The third-order valence-electron chi connectivity index (χ3n) is 4.63. The second kappa shape index (κ2) is 8.17. The van der Waals surface area contributed by atoms with E-state index in [0.717, 1.165) is 21.3 Å². The minimum absolute atomic E-state index is 0.00259. The molecule has 1 aliphatic heterocycles. The van der Waals surface area contributed by atoms with E-state index in [9.17, 15) is 4.79 Å². The van der Waals surface area contributed by atoms with Gasteiger partial charge in [0.2, 0.25) is 0 Å². The van der Waals surface area contributed by atoms with Crippen molar-refractivity contribution in [1.29, 1.82) is 0 Å². The molecular weight excluding hydrogens is 376 g/mol. The Morgan fingerprint density at radius 2 is 2.07 bits per heavy atom. The van der Waals surface area contributed by atoms with Crippen molar-refractivity contribution in [3.8, 4) is 11.3 Å². The lowest BCUT2D eigenvalue weighted by Gasteiger charge is -2.20. The minimum atomic E-state index is -0.157. The molecule has 8 nitrogen and oxygen atoms in total. The Balaban J connectivity index is 1.52. The summed E-state index contributed by atoms with van der Waals surface area (Å²) in [6.45, 7) is 1.67. The highest BCUT2D eigenvalue weighted by Gasteiger charge is 2.31. The first-order valence-corrected chi connectivity index (χ1v) is 9.87. The van der Waals surface area contributed by atoms with Crippen molar-refractivity contribution in [1.82, 2.24) is 25.1 Å². The van der Waals surface area contributed by atoms with Crippen LogP contribution in [0.1, 0.15) is 10.9 Å². The third-order valence-corrected chi connectivity index (χ3v) is 5.79. The van der Waals surface area contributed by atoms with Crippen molar-refractivity contribution in [2.75, 3.05) is 32.2 Å². The molecule has 0 aliphatic carbocycles. The van der Waals surface area contributed by atoms with E-state index in [-0.39, 0.29) is 17.6 Å². The van der Waals surface area contributed by atoms with Gasteiger partial charge in [-0.3, -0.25) is 9.78 Å². The molecule has 2 atom stereocenters. The fourth-order valence-electron chi connectivity index (χ4n) is 3.14. The fraction of sp³-hybridized carbons (Fsp3) is 0.368. The summed E-state index contributed by atoms with van der Waals surface area (Å²) >= 11 is 1.65. The van der Waals surface area contributed by atoms with Gasteiger partial charge in [-0.15, -0.1) is 11.3 Å². The molecular formula is C19H22N6O2S. The Morgan fingerprint density at radius 1 is 1.25 bits per heavy atom. The van der Waals surface area contributed by atoms with Gasteiger partial charge in [0, 0.05) is 55.7 Å². The summed E-state index contributed by atoms with van der Waals surface area (Å²) in [6, 6.07) is 6.91. The molecule has 2 unspecified atom stereocenters. The van der Waals surface area contributed by atoms with E-state index in [0.29, 0.717) is 19.8 Å². The van der Waals surface area contributed by atoms with Gasteiger partial charge < -0.3 is 15.0 Å². The summed E-state index contributed by atoms with van der Waals surface area (Å²) in [6.07, 6.45) is 5.31. The van der Waals surface area contributed by atoms with Gasteiger partial charge in [-0.05, 0) is 18.2 Å².